The number of phenolic OH excluding ortho intramolecular Hbond substituents is 1. The normalized spacial score (nSPS) is 14.0. The molecule has 4 atom stereocenters. The van der Waals surface area contributed by atoms with Crippen LogP contribution in [0.1, 0.15) is 38.3 Å². The molecule has 0 saturated heterocycles. The molecule has 0 bridgehead atoms. The number of phenols is 1. The molecule has 0 aliphatic rings. The van der Waals surface area contributed by atoms with E-state index in [1.54, 1.807) is 50.2 Å². The van der Waals surface area contributed by atoms with E-state index in [9.17, 15) is 34.5 Å². The topological polar surface area (TPSA) is 174 Å². The minimum atomic E-state index is -1.49. The maximum absolute atomic E-state index is 13.3. The predicted molar refractivity (Wildman–Crippen MR) is 151 cm³/mol. The zero-order valence-corrected chi connectivity index (χ0v) is 24.0. The van der Waals surface area contributed by atoms with Gasteiger partial charge in [-0.3, -0.25) is 9.59 Å². The van der Waals surface area contributed by atoms with E-state index in [0.29, 0.717) is 9.13 Å². The zero-order valence-electron chi connectivity index (χ0n) is 21.9. The number of carbonyl (C=O) groups is 4. The number of hydrogen-bond acceptors (Lipinski definition) is 7. The maximum Gasteiger partial charge on any atom is 0.408 e. The van der Waals surface area contributed by atoms with E-state index in [2.05, 4.69) is 16.0 Å². The van der Waals surface area contributed by atoms with Crippen molar-refractivity contribution in [1.82, 2.24) is 16.0 Å². The Morgan fingerprint density at radius 1 is 0.897 bits per heavy atom. The Kier molecular flexibility index (Phi) is 12.5. The molecule has 6 N–H and O–H groups in total. The molecule has 0 fully saturated rings. The minimum Gasteiger partial charge on any atom is -0.507 e. The van der Waals surface area contributed by atoms with E-state index in [1.807, 2.05) is 28.7 Å². The van der Waals surface area contributed by atoms with Crippen LogP contribution in [0.5, 0.6) is 5.75 Å². The summed E-state index contributed by atoms with van der Waals surface area (Å²) in [7, 11) is 0. The average Bonchev–Trinajstić information content (AvgIpc) is 2.87. The highest BCUT2D eigenvalue weighted by atomic mass is 127. The van der Waals surface area contributed by atoms with E-state index in [4.69, 9.17) is 4.74 Å². The van der Waals surface area contributed by atoms with Gasteiger partial charge in [0.25, 0.3) is 0 Å². The van der Waals surface area contributed by atoms with Crippen LogP contribution in [0.2, 0.25) is 0 Å². The van der Waals surface area contributed by atoms with Gasteiger partial charge in [-0.25, -0.2) is 9.59 Å². The van der Waals surface area contributed by atoms with Crippen molar-refractivity contribution in [2.24, 2.45) is 5.92 Å². The lowest BCUT2D eigenvalue weighted by molar-refractivity contribution is -0.143. The number of amides is 3. The molecule has 2 rings (SSSR count). The highest BCUT2D eigenvalue weighted by Crippen LogP contribution is 2.21. The first kappa shape index (κ1) is 31.8. The Labute approximate surface area is 240 Å². The highest BCUT2D eigenvalue weighted by molar-refractivity contribution is 14.1. The first-order chi connectivity index (χ1) is 18.4. The Morgan fingerprint density at radius 2 is 1.56 bits per heavy atom. The van der Waals surface area contributed by atoms with Crippen molar-refractivity contribution in [3.8, 4) is 5.75 Å². The maximum atomic E-state index is 13.3. The Morgan fingerprint density at radius 3 is 2.13 bits per heavy atom. The van der Waals surface area contributed by atoms with E-state index in [-0.39, 0.29) is 31.1 Å². The zero-order chi connectivity index (χ0) is 29.1. The molecule has 0 aliphatic heterocycles. The lowest BCUT2D eigenvalue weighted by atomic mass is 10.0. The lowest BCUT2D eigenvalue weighted by Gasteiger charge is -2.26. The molecule has 11 nitrogen and oxygen atoms in total. The van der Waals surface area contributed by atoms with Gasteiger partial charge in [0.05, 0.1) is 9.67 Å². The van der Waals surface area contributed by atoms with Gasteiger partial charge in [0, 0.05) is 6.42 Å². The van der Waals surface area contributed by atoms with Crippen LogP contribution in [0, 0.1) is 9.49 Å². The van der Waals surface area contributed by atoms with E-state index in [0.717, 1.165) is 5.56 Å². The monoisotopic (exact) mass is 655 g/mol. The third kappa shape index (κ3) is 10.7. The van der Waals surface area contributed by atoms with Gasteiger partial charge >= 0.3 is 12.1 Å². The molecule has 0 aromatic heterocycles. The van der Waals surface area contributed by atoms with Gasteiger partial charge in [-0.05, 0) is 65.1 Å². The molecule has 0 spiro atoms. The van der Waals surface area contributed by atoms with Crippen LogP contribution in [-0.4, -0.2) is 63.4 Å². The fourth-order valence-electron chi connectivity index (χ4n) is 3.64. The van der Waals surface area contributed by atoms with Gasteiger partial charge in [-0.2, -0.15) is 0 Å². The van der Waals surface area contributed by atoms with Gasteiger partial charge in [0.2, 0.25) is 11.8 Å². The number of hydrogen-bond donors (Lipinski definition) is 6. The van der Waals surface area contributed by atoms with Gasteiger partial charge in [-0.1, -0.05) is 50.2 Å². The number of ether oxygens (including phenoxy) is 1. The molecule has 12 heteroatoms. The van der Waals surface area contributed by atoms with E-state index >= 15 is 0 Å². The van der Waals surface area contributed by atoms with Crippen LogP contribution in [0.15, 0.2) is 48.5 Å². The fourth-order valence-corrected chi connectivity index (χ4v) is 4.22. The summed E-state index contributed by atoms with van der Waals surface area (Å²) in [5.41, 5.74) is 1.34. The number of benzene rings is 2. The summed E-state index contributed by atoms with van der Waals surface area (Å²) in [4.78, 5) is 50.3. The molecule has 2 aromatic rings. The van der Waals surface area contributed by atoms with Crippen LogP contribution < -0.4 is 16.0 Å². The second-order valence-electron chi connectivity index (χ2n) is 9.50. The summed E-state index contributed by atoms with van der Waals surface area (Å²) in [6.45, 7) is 4.84. The highest BCUT2D eigenvalue weighted by Gasteiger charge is 2.32. The van der Waals surface area contributed by atoms with Gasteiger partial charge in [-0.15, -0.1) is 0 Å². The molecule has 0 radical (unpaired) electrons. The summed E-state index contributed by atoms with van der Waals surface area (Å²) >= 11 is 1.92. The molecule has 0 saturated carbocycles. The first-order valence-corrected chi connectivity index (χ1v) is 13.4. The molecular weight excluding hydrogens is 621 g/mol. The number of aliphatic hydroxyl groups excluding tert-OH is 1. The number of aliphatic carboxylic acids is 1. The van der Waals surface area contributed by atoms with Crippen molar-refractivity contribution in [3.63, 3.8) is 0 Å². The number of carboxylic acid groups (broad SMARTS) is 1. The molecule has 0 heterocycles. The molecule has 2 aromatic carbocycles. The molecule has 0 unspecified atom stereocenters. The lowest BCUT2D eigenvalue weighted by Crippen LogP contribution is -2.59. The molecule has 39 heavy (non-hydrogen) atoms. The molecule has 0 aliphatic carbocycles. The largest absolute Gasteiger partial charge is 0.507 e. The summed E-state index contributed by atoms with van der Waals surface area (Å²) in [6.07, 6.45) is -2.13. The van der Waals surface area contributed by atoms with Crippen LogP contribution in [0.3, 0.4) is 0 Å². The van der Waals surface area contributed by atoms with E-state index in [1.165, 1.54) is 13.0 Å². The number of halogens is 1. The smallest absolute Gasteiger partial charge is 0.408 e. The van der Waals surface area contributed by atoms with Crippen LogP contribution in [0.4, 0.5) is 4.79 Å². The van der Waals surface area contributed by atoms with Crippen molar-refractivity contribution in [3.05, 3.63) is 63.2 Å². The summed E-state index contributed by atoms with van der Waals surface area (Å²) < 4.78 is 5.77. The Bertz CT molecular complexity index is 1140. The molecule has 212 valence electrons. The third-order valence-electron chi connectivity index (χ3n) is 5.66. The van der Waals surface area contributed by atoms with Crippen LogP contribution >= 0.6 is 22.6 Å². The van der Waals surface area contributed by atoms with Crippen molar-refractivity contribution in [1.29, 1.82) is 0 Å². The van der Waals surface area contributed by atoms with Crippen LogP contribution in [-0.2, 0) is 32.1 Å². The third-order valence-corrected chi connectivity index (χ3v) is 6.52. The number of nitrogens with one attached hydrogen (secondary N) is 3. The number of aliphatic hydroxyl groups is 1. The standard InChI is InChI=1S/C27H34IN3O8/c1-15(2)11-21(26(36)37)29-25(35)23(16(3)32)31-24(34)20(13-18-9-10-22(33)19(28)12-18)30-27(38)39-14-17-7-5-4-6-8-17/h4-10,12,15-16,20-21,23,32-33H,11,13-14H2,1-3H3,(H,29,35)(H,30,38)(H,31,34)(H,36,37)/t16-,20+,21+,23+/m1/s1. The van der Waals surface area contributed by atoms with Crippen molar-refractivity contribution < 1.29 is 39.2 Å². The number of carboxylic acids is 1. The second-order valence-corrected chi connectivity index (χ2v) is 10.7. The van der Waals surface area contributed by atoms with Gasteiger partial charge in [0.15, 0.2) is 0 Å². The summed E-state index contributed by atoms with van der Waals surface area (Å²) in [5, 5.41) is 36.8. The van der Waals surface area contributed by atoms with Gasteiger partial charge in [0.1, 0.15) is 30.5 Å². The minimum absolute atomic E-state index is 0.0260. The van der Waals surface area contributed by atoms with Crippen molar-refractivity contribution >= 4 is 46.5 Å². The fraction of sp³-hybridized carbons (Fsp3) is 0.407. The van der Waals surface area contributed by atoms with E-state index < -0.39 is 48.1 Å². The Balaban J connectivity index is 2.20. The summed E-state index contributed by atoms with van der Waals surface area (Å²) in [5.74, 6) is -2.90. The average molecular weight is 655 g/mol. The number of carbonyl (C=O) groups excluding carboxylic acids is 3. The van der Waals surface area contributed by atoms with Crippen molar-refractivity contribution in [2.75, 3.05) is 0 Å². The number of alkyl carbamates (subject to hydrolysis) is 1. The number of rotatable bonds is 13. The Hall–Kier alpha value is -3.39. The predicted octanol–water partition coefficient (Wildman–Crippen LogP) is 2.32. The first-order valence-electron chi connectivity index (χ1n) is 12.3. The second kappa shape index (κ2) is 15.3. The summed E-state index contributed by atoms with van der Waals surface area (Å²) in [6, 6.07) is 9.67. The molecule has 3 amide bonds. The SMILES string of the molecule is CC(C)C[C@H](NC(=O)[C@@H](NC(=O)[C@H](Cc1ccc(O)c(I)c1)NC(=O)OCc1ccccc1)[C@@H](C)O)C(=O)O. The number of aromatic hydroxyl groups is 1. The molecular formula is C27H34IN3O8. The quantitative estimate of drug-likeness (QED) is 0.178. The van der Waals surface area contributed by atoms with Gasteiger partial charge < -0.3 is 36.0 Å². The van der Waals surface area contributed by atoms with Crippen molar-refractivity contribution in [2.45, 2.75) is 64.4 Å². The van der Waals surface area contributed by atoms with Crippen LogP contribution in [0.25, 0.3) is 0 Å².